The molecule has 1 N–H and O–H groups in total. The zero-order valence-electron chi connectivity index (χ0n) is 19.9. The Balaban J connectivity index is 1.44. The van der Waals surface area contributed by atoms with E-state index in [0.717, 1.165) is 74.4 Å². The Kier molecular flexibility index (Phi) is 8.61. The van der Waals surface area contributed by atoms with Gasteiger partial charge in [-0.15, -0.1) is 0 Å². The Labute approximate surface area is 183 Å². The van der Waals surface area contributed by atoms with E-state index >= 15 is 0 Å². The number of oxazole rings is 1. The third-order valence-electron chi connectivity index (χ3n) is 7.00. The summed E-state index contributed by atoms with van der Waals surface area (Å²) in [5.41, 5.74) is 1.01. The topological polar surface area (TPSA) is 56.9 Å². The van der Waals surface area contributed by atoms with Crippen LogP contribution >= 0.6 is 0 Å². The number of aryl methyl sites for hydroxylation is 2. The first-order chi connectivity index (χ1) is 14.4. The van der Waals surface area contributed by atoms with Crippen molar-refractivity contribution in [1.82, 2.24) is 20.1 Å². The van der Waals surface area contributed by atoms with Gasteiger partial charge in [0, 0.05) is 26.7 Å². The van der Waals surface area contributed by atoms with Crippen LogP contribution in [-0.4, -0.2) is 60.5 Å². The number of piperidine rings is 1. The van der Waals surface area contributed by atoms with Crippen molar-refractivity contribution in [2.24, 2.45) is 22.7 Å². The van der Waals surface area contributed by atoms with E-state index in [2.05, 4.69) is 41.0 Å². The lowest BCUT2D eigenvalue weighted by atomic mass is 9.83. The number of aliphatic imine (C=N–C) groups is 1. The predicted molar refractivity (Wildman–Crippen MR) is 124 cm³/mol. The Morgan fingerprint density at radius 2 is 1.83 bits per heavy atom. The van der Waals surface area contributed by atoms with Gasteiger partial charge in [-0.3, -0.25) is 9.89 Å². The van der Waals surface area contributed by atoms with Crippen molar-refractivity contribution in [3.63, 3.8) is 0 Å². The minimum absolute atomic E-state index is 0.673. The highest BCUT2D eigenvalue weighted by Crippen LogP contribution is 2.28. The molecule has 1 aliphatic carbocycles. The molecular weight excluding hydrogens is 374 g/mol. The van der Waals surface area contributed by atoms with Crippen LogP contribution in [0.5, 0.6) is 0 Å². The van der Waals surface area contributed by atoms with E-state index in [4.69, 9.17) is 9.41 Å². The molecular formula is C24H43N5O. The summed E-state index contributed by atoms with van der Waals surface area (Å²) in [5.74, 6) is 5.29. The summed E-state index contributed by atoms with van der Waals surface area (Å²) in [5, 5.41) is 3.51. The Morgan fingerprint density at radius 1 is 1.13 bits per heavy atom. The Bertz CT molecular complexity index is 650. The van der Waals surface area contributed by atoms with Gasteiger partial charge in [-0.05, 0) is 77.3 Å². The fourth-order valence-corrected chi connectivity index (χ4v) is 4.80. The number of hydrogen-bond donors (Lipinski definition) is 1. The van der Waals surface area contributed by atoms with Gasteiger partial charge in [0.15, 0.2) is 5.96 Å². The third kappa shape index (κ3) is 6.73. The third-order valence-corrected chi connectivity index (χ3v) is 7.00. The molecule has 6 heteroatoms. The monoisotopic (exact) mass is 417 g/mol. The average Bonchev–Trinajstić information content (AvgIpc) is 3.04. The number of hydrogen-bond acceptors (Lipinski definition) is 4. The zero-order valence-corrected chi connectivity index (χ0v) is 19.9. The number of aromatic nitrogens is 1. The van der Waals surface area contributed by atoms with Gasteiger partial charge < -0.3 is 14.6 Å². The van der Waals surface area contributed by atoms with Crippen molar-refractivity contribution in [2.45, 2.75) is 72.8 Å². The Morgan fingerprint density at radius 3 is 2.43 bits per heavy atom. The van der Waals surface area contributed by atoms with Crippen LogP contribution in [0.1, 0.15) is 69.7 Å². The van der Waals surface area contributed by atoms with Crippen LogP contribution in [-0.2, 0) is 6.54 Å². The van der Waals surface area contributed by atoms with Crippen LogP contribution in [0.3, 0.4) is 0 Å². The molecule has 0 aromatic carbocycles. The first-order valence-electron chi connectivity index (χ1n) is 12.1. The number of guanidine groups is 1. The van der Waals surface area contributed by atoms with E-state index in [1.807, 2.05) is 13.8 Å². The van der Waals surface area contributed by atoms with Crippen LogP contribution in [0, 0.1) is 31.6 Å². The summed E-state index contributed by atoms with van der Waals surface area (Å²) in [6, 6.07) is 0. The molecule has 3 rings (SSSR count). The van der Waals surface area contributed by atoms with Crippen molar-refractivity contribution < 1.29 is 4.42 Å². The number of likely N-dealkylation sites (tertiary alicyclic amines) is 1. The Hall–Kier alpha value is -1.56. The fraction of sp³-hybridized carbons (Fsp3) is 0.833. The van der Waals surface area contributed by atoms with Crippen LogP contribution in [0.2, 0.25) is 0 Å². The van der Waals surface area contributed by atoms with E-state index in [1.54, 1.807) is 0 Å². The summed E-state index contributed by atoms with van der Waals surface area (Å²) < 4.78 is 5.76. The lowest BCUT2D eigenvalue weighted by molar-refractivity contribution is 0.166. The smallest absolute Gasteiger partial charge is 0.208 e. The molecule has 2 fully saturated rings. The van der Waals surface area contributed by atoms with Gasteiger partial charge in [0.1, 0.15) is 5.76 Å². The van der Waals surface area contributed by atoms with Gasteiger partial charge in [-0.25, -0.2) is 4.98 Å². The van der Waals surface area contributed by atoms with Gasteiger partial charge >= 0.3 is 0 Å². The van der Waals surface area contributed by atoms with Gasteiger partial charge in [0.25, 0.3) is 0 Å². The number of rotatable bonds is 7. The van der Waals surface area contributed by atoms with E-state index < -0.39 is 0 Å². The standard InChI is InChI=1S/C24H43N5O/c1-6-25-24(28(5)16-22-9-7-18(2)8-10-22)26-15-21-11-13-29(14-12-21)17-23-27-19(3)20(4)30-23/h18,21-22H,6-17H2,1-5H3,(H,25,26). The molecule has 0 spiro atoms. The van der Waals surface area contributed by atoms with Gasteiger partial charge in [0.2, 0.25) is 5.89 Å². The van der Waals surface area contributed by atoms with E-state index in [9.17, 15) is 0 Å². The molecule has 1 saturated heterocycles. The molecule has 6 nitrogen and oxygen atoms in total. The van der Waals surface area contributed by atoms with Gasteiger partial charge in [-0.2, -0.15) is 0 Å². The lowest BCUT2D eigenvalue weighted by Crippen LogP contribution is -2.42. The summed E-state index contributed by atoms with van der Waals surface area (Å²) >= 11 is 0. The molecule has 0 unspecified atom stereocenters. The minimum atomic E-state index is 0.673. The fourth-order valence-electron chi connectivity index (χ4n) is 4.80. The highest BCUT2D eigenvalue weighted by atomic mass is 16.4. The van der Waals surface area contributed by atoms with Crippen LogP contribution in [0.25, 0.3) is 0 Å². The second-order valence-electron chi connectivity index (χ2n) is 9.67. The summed E-state index contributed by atoms with van der Waals surface area (Å²) in [6.45, 7) is 14.6. The molecule has 2 heterocycles. The van der Waals surface area contributed by atoms with E-state index in [0.29, 0.717) is 5.92 Å². The van der Waals surface area contributed by atoms with Crippen molar-refractivity contribution in [1.29, 1.82) is 0 Å². The average molecular weight is 418 g/mol. The highest BCUT2D eigenvalue weighted by Gasteiger charge is 2.23. The largest absolute Gasteiger partial charge is 0.444 e. The highest BCUT2D eigenvalue weighted by molar-refractivity contribution is 5.79. The van der Waals surface area contributed by atoms with Gasteiger partial charge in [0.05, 0.1) is 12.2 Å². The first kappa shape index (κ1) is 23.1. The maximum absolute atomic E-state index is 5.76. The second kappa shape index (κ2) is 11.2. The van der Waals surface area contributed by atoms with Crippen molar-refractivity contribution >= 4 is 5.96 Å². The van der Waals surface area contributed by atoms with Crippen molar-refractivity contribution in [3.05, 3.63) is 17.3 Å². The molecule has 0 radical (unpaired) electrons. The van der Waals surface area contributed by atoms with E-state index in [1.165, 1.54) is 38.5 Å². The first-order valence-corrected chi connectivity index (χ1v) is 12.1. The second-order valence-corrected chi connectivity index (χ2v) is 9.67. The van der Waals surface area contributed by atoms with Crippen molar-refractivity contribution in [3.8, 4) is 0 Å². The SMILES string of the molecule is CCNC(=NCC1CCN(Cc2nc(C)c(C)o2)CC1)N(C)CC1CCC(C)CC1. The molecule has 170 valence electrons. The number of nitrogens with one attached hydrogen (secondary N) is 1. The summed E-state index contributed by atoms with van der Waals surface area (Å²) in [4.78, 5) is 14.4. The van der Waals surface area contributed by atoms with Crippen LogP contribution in [0.15, 0.2) is 9.41 Å². The quantitative estimate of drug-likeness (QED) is 0.531. The zero-order chi connectivity index (χ0) is 21.5. The molecule has 0 atom stereocenters. The lowest BCUT2D eigenvalue weighted by Gasteiger charge is -2.32. The molecule has 1 aromatic rings. The number of nitrogens with zero attached hydrogens (tertiary/aromatic N) is 4. The van der Waals surface area contributed by atoms with Crippen molar-refractivity contribution in [2.75, 3.05) is 39.8 Å². The maximum Gasteiger partial charge on any atom is 0.208 e. The molecule has 0 bridgehead atoms. The molecule has 1 aromatic heterocycles. The molecule has 30 heavy (non-hydrogen) atoms. The maximum atomic E-state index is 5.76. The summed E-state index contributed by atoms with van der Waals surface area (Å²) in [6.07, 6.45) is 7.91. The predicted octanol–water partition coefficient (Wildman–Crippen LogP) is 4.23. The van der Waals surface area contributed by atoms with Gasteiger partial charge in [-0.1, -0.05) is 19.8 Å². The normalized spacial score (nSPS) is 24.2. The minimum Gasteiger partial charge on any atom is -0.444 e. The molecule has 0 amide bonds. The van der Waals surface area contributed by atoms with Crippen LogP contribution in [0.4, 0.5) is 0 Å². The molecule has 1 saturated carbocycles. The molecule has 2 aliphatic rings. The molecule has 1 aliphatic heterocycles. The van der Waals surface area contributed by atoms with Crippen LogP contribution < -0.4 is 5.32 Å². The summed E-state index contributed by atoms with van der Waals surface area (Å²) in [7, 11) is 2.21. The van der Waals surface area contributed by atoms with E-state index in [-0.39, 0.29) is 0 Å².